The highest BCUT2D eigenvalue weighted by Gasteiger charge is 2.31. The lowest BCUT2D eigenvalue weighted by Gasteiger charge is -2.11. The highest BCUT2D eigenvalue weighted by Crippen LogP contribution is 2.26. The first-order valence-corrected chi connectivity index (χ1v) is 6.25. The number of halogens is 5. The predicted octanol–water partition coefficient (Wildman–Crippen LogP) is 4.63. The number of amides is 1. The van der Waals surface area contributed by atoms with Crippen LogP contribution in [0, 0.1) is 5.82 Å². The van der Waals surface area contributed by atoms with Gasteiger partial charge in [0, 0.05) is 11.8 Å². The summed E-state index contributed by atoms with van der Waals surface area (Å²) in [6.45, 7) is 0. The van der Waals surface area contributed by atoms with Gasteiger partial charge in [0.15, 0.2) is 0 Å². The van der Waals surface area contributed by atoms with Gasteiger partial charge in [-0.1, -0.05) is 23.7 Å². The molecular formula is C14H8ClF4NO2. The summed E-state index contributed by atoms with van der Waals surface area (Å²) >= 11 is 5.73. The molecule has 2 aromatic carbocycles. The Kier molecular flexibility index (Phi) is 4.56. The van der Waals surface area contributed by atoms with Crippen molar-refractivity contribution in [1.82, 2.24) is 0 Å². The molecule has 0 heterocycles. The molecule has 0 radical (unpaired) electrons. The lowest BCUT2D eigenvalue weighted by molar-refractivity contribution is -0.274. The molecule has 116 valence electrons. The number of hydrogen-bond acceptors (Lipinski definition) is 2. The molecule has 0 unspecified atom stereocenters. The first-order chi connectivity index (χ1) is 10.3. The number of carbonyl (C=O) groups is 1. The largest absolute Gasteiger partial charge is 0.573 e. The minimum atomic E-state index is -4.85. The van der Waals surface area contributed by atoms with E-state index in [1.807, 2.05) is 0 Å². The van der Waals surface area contributed by atoms with Gasteiger partial charge in [-0.2, -0.15) is 0 Å². The molecule has 2 aromatic rings. The first kappa shape index (κ1) is 16.1. The summed E-state index contributed by atoms with van der Waals surface area (Å²) in [7, 11) is 0. The molecule has 3 nitrogen and oxygen atoms in total. The average Bonchev–Trinajstić information content (AvgIpc) is 2.36. The fourth-order valence-corrected chi connectivity index (χ4v) is 1.93. The maximum atomic E-state index is 13.6. The van der Waals surface area contributed by atoms with Crippen LogP contribution >= 0.6 is 11.6 Å². The number of nitrogens with one attached hydrogen (secondary N) is 1. The fraction of sp³-hybridized carbons (Fsp3) is 0.0714. The molecule has 0 aliphatic carbocycles. The number of benzene rings is 2. The van der Waals surface area contributed by atoms with Crippen LogP contribution in [0.5, 0.6) is 5.75 Å². The summed E-state index contributed by atoms with van der Waals surface area (Å²) in [5.41, 5.74) is -0.391. The molecule has 0 fully saturated rings. The Labute approximate surface area is 127 Å². The fourth-order valence-electron chi connectivity index (χ4n) is 1.68. The molecule has 2 rings (SSSR count). The molecule has 0 aromatic heterocycles. The van der Waals surface area contributed by atoms with Crippen LogP contribution in [-0.4, -0.2) is 12.3 Å². The zero-order valence-corrected chi connectivity index (χ0v) is 11.5. The summed E-state index contributed by atoms with van der Waals surface area (Å²) < 4.78 is 53.7. The van der Waals surface area contributed by atoms with Crippen molar-refractivity contribution >= 4 is 23.2 Å². The molecule has 0 atom stereocenters. The maximum Gasteiger partial charge on any atom is 0.573 e. The molecule has 0 aliphatic heterocycles. The van der Waals surface area contributed by atoms with Gasteiger partial charge in [0.2, 0.25) is 0 Å². The van der Waals surface area contributed by atoms with E-state index in [9.17, 15) is 22.4 Å². The van der Waals surface area contributed by atoms with Crippen LogP contribution in [0.3, 0.4) is 0 Å². The second-order valence-corrected chi connectivity index (χ2v) is 4.53. The van der Waals surface area contributed by atoms with Crippen molar-refractivity contribution in [3.8, 4) is 5.75 Å². The summed E-state index contributed by atoms with van der Waals surface area (Å²) in [5, 5.41) is 2.14. The normalized spacial score (nSPS) is 11.1. The summed E-state index contributed by atoms with van der Waals surface area (Å²) in [6.07, 6.45) is -4.85. The van der Waals surface area contributed by atoms with E-state index >= 15 is 0 Å². The molecule has 0 saturated heterocycles. The standard InChI is InChI=1S/C14H8ClF4NO2/c15-10-5-2-6-11(16)12(10)13(21)20-8-3-1-4-9(7-8)22-14(17,18)19/h1-7H,(H,20,21). The minimum absolute atomic E-state index is 0.00562. The number of anilines is 1. The smallest absolute Gasteiger partial charge is 0.406 e. The van der Waals surface area contributed by atoms with Crippen LogP contribution in [0.2, 0.25) is 5.02 Å². The van der Waals surface area contributed by atoms with Gasteiger partial charge >= 0.3 is 6.36 Å². The molecule has 1 amide bonds. The second kappa shape index (κ2) is 6.23. The zero-order valence-electron chi connectivity index (χ0n) is 10.7. The van der Waals surface area contributed by atoms with Crippen LogP contribution in [-0.2, 0) is 0 Å². The first-order valence-electron chi connectivity index (χ1n) is 5.87. The molecule has 0 spiro atoms. The quantitative estimate of drug-likeness (QED) is 0.832. The van der Waals surface area contributed by atoms with Crippen LogP contribution in [0.4, 0.5) is 23.2 Å². The third-order valence-corrected chi connectivity index (χ3v) is 2.83. The van der Waals surface area contributed by atoms with Gasteiger partial charge in [-0.3, -0.25) is 4.79 Å². The topological polar surface area (TPSA) is 38.3 Å². The Hall–Kier alpha value is -2.28. The van der Waals surface area contributed by atoms with E-state index in [0.29, 0.717) is 0 Å². The monoisotopic (exact) mass is 333 g/mol. The van der Waals surface area contributed by atoms with E-state index in [4.69, 9.17) is 11.6 Å². The van der Waals surface area contributed by atoms with Gasteiger partial charge in [-0.25, -0.2) is 4.39 Å². The third-order valence-electron chi connectivity index (χ3n) is 2.52. The van der Waals surface area contributed by atoms with Crippen LogP contribution in [0.1, 0.15) is 10.4 Å². The van der Waals surface area contributed by atoms with E-state index in [-0.39, 0.29) is 10.7 Å². The number of hydrogen-bond donors (Lipinski definition) is 1. The Morgan fingerprint density at radius 1 is 1.14 bits per heavy atom. The SMILES string of the molecule is O=C(Nc1cccc(OC(F)(F)F)c1)c1c(F)cccc1Cl. The molecule has 0 saturated carbocycles. The van der Waals surface area contributed by atoms with E-state index < -0.39 is 29.4 Å². The maximum absolute atomic E-state index is 13.6. The zero-order chi connectivity index (χ0) is 16.3. The van der Waals surface area contributed by atoms with Gasteiger partial charge in [0.25, 0.3) is 5.91 Å². The van der Waals surface area contributed by atoms with Gasteiger partial charge in [0.05, 0.1) is 10.6 Å². The van der Waals surface area contributed by atoms with Crippen molar-refractivity contribution in [3.05, 3.63) is 58.9 Å². The lowest BCUT2D eigenvalue weighted by atomic mass is 10.2. The third kappa shape index (κ3) is 4.11. The van der Waals surface area contributed by atoms with Gasteiger partial charge in [-0.15, -0.1) is 13.2 Å². The summed E-state index contributed by atoms with van der Waals surface area (Å²) in [5.74, 6) is -2.23. The molecular weight excluding hydrogens is 326 g/mol. The van der Waals surface area contributed by atoms with Crippen molar-refractivity contribution in [2.45, 2.75) is 6.36 Å². The molecule has 0 aliphatic rings. The number of rotatable bonds is 3. The average molecular weight is 334 g/mol. The number of carbonyl (C=O) groups excluding carboxylic acids is 1. The van der Waals surface area contributed by atoms with E-state index in [1.165, 1.54) is 24.3 Å². The van der Waals surface area contributed by atoms with Crippen molar-refractivity contribution < 1.29 is 27.1 Å². The molecule has 0 bridgehead atoms. The van der Waals surface area contributed by atoms with Crippen molar-refractivity contribution in [2.24, 2.45) is 0 Å². The van der Waals surface area contributed by atoms with E-state index in [1.54, 1.807) is 0 Å². The molecule has 8 heteroatoms. The van der Waals surface area contributed by atoms with Gasteiger partial charge in [0.1, 0.15) is 11.6 Å². The summed E-state index contributed by atoms with van der Waals surface area (Å²) in [4.78, 5) is 12.0. The van der Waals surface area contributed by atoms with Crippen LogP contribution < -0.4 is 10.1 Å². The second-order valence-electron chi connectivity index (χ2n) is 4.13. The lowest BCUT2D eigenvalue weighted by Crippen LogP contribution is -2.18. The number of alkyl halides is 3. The van der Waals surface area contributed by atoms with Crippen molar-refractivity contribution in [3.63, 3.8) is 0 Å². The van der Waals surface area contributed by atoms with Crippen LogP contribution in [0.25, 0.3) is 0 Å². The van der Waals surface area contributed by atoms with Gasteiger partial charge in [-0.05, 0) is 24.3 Å². The highest BCUT2D eigenvalue weighted by molar-refractivity contribution is 6.34. The van der Waals surface area contributed by atoms with Crippen LogP contribution in [0.15, 0.2) is 42.5 Å². The predicted molar refractivity (Wildman–Crippen MR) is 72.5 cm³/mol. The minimum Gasteiger partial charge on any atom is -0.406 e. The van der Waals surface area contributed by atoms with E-state index in [0.717, 1.165) is 18.2 Å². The Balaban J connectivity index is 2.20. The molecule has 1 N–H and O–H groups in total. The van der Waals surface area contributed by atoms with E-state index in [2.05, 4.69) is 10.1 Å². The Morgan fingerprint density at radius 2 is 1.82 bits per heavy atom. The van der Waals surface area contributed by atoms with Crippen molar-refractivity contribution in [1.29, 1.82) is 0 Å². The summed E-state index contributed by atoms with van der Waals surface area (Å²) in [6, 6.07) is 8.30. The highest BCUT2D eigenvalue weighted by atomic mass is 35.5. The Bertz CT molecular complexity index is 683. The van der Waals surface area contributed by atoms with Gasteiger partial charge < -0.3 is 10.1 Å². The Morgan fingerprint density at radius 3 is 2.45 bits per heavy atom. The molecule has 22 heavy (non-hydrogen) atoms. The number of ether oxygens (including phenoxy) is 1. The van der Waals surface area contributed by atoms with Crippen molar-refractivity contribution in [2.75, 3.05) is 5.32 Å².